The van der Waals surface area contributed by atoms with Gasteiger partial charge in [0.1, 0.15) is 5.82 Å². The van der Waals surface area contributed by atoms with Crippen molar-refractivity contribution in [1.29, 1.82) is 0 Å². The summed E-state index contributed by atoms with van der Waals surface area (Å²) in [5.41, 5.74) is 1.70. The lowest BCUT2D eigenvalue weighted by atomic mass is 10.1. The molecule has 2 aromatic carbocycles. The molecule has 0 unspecified atom stereocenters. The molecule has 0 fully saturated rings. The standard InChI is InChI=1S/C17H20FN3O3S/c18-15-3-1-2-14(12-15)9-11-21-17(22)20-10-8-13-4-6-16(7-5-13)25(19,23)24/h1-7,12H,8-11H2,(H2,19,23,24)(H2,20,21,22). The van der Waals surface area contributed by atoms with Gasteiger partial charge in [0.15, 0.2) is 0 Å². The number of benzene rings is 2. The van der Waals surface area contributed by atoms with Crippen LogP contribution in [0.1, 0.15) is 11.1 Å². The highest BCUT2D eigenvalue weighted by Gasteiger charge is 2.07. The van der Waals surface area contributed by atoms with E-state index in [9.17, 15) is 17.6 Å². The number of hydrogen-bond donors (Lipinski definition) is 3. The molecule has 2 amide bonds. The molecule has 0 aliphatic carbocycles. The first kappa shape index (κ1) is 18.9. The molecule has 0 radical (unpaired) electrons. The zero-order chi connectivity index (χ0) is 18.3. The van der Waals surface area contributed by atoms with Crippen molar-refractivity contribution in [3.63, 3.8) is 0 Å². The number of carbonyl (C=O) groups is 1. The number of halogens is 1. The van der Waals surface area contributed by atoms with Gasteiger partial charge in [-0.1, -0.05) is 24.3 Å². The van der Waals surface area contributed by atoms with Crippen molar-refractivity contribution in [2.75, 3.05) is 13.1 Å². The van der Waals surface area contributed by atoms with Crippen LogP contribution in [0.15, 0.2) is 53.4 Å². The maximum absolute atomic E-state index is 13.0. The maximum atomic E-state index is 13.0. The van der Waals surface area contributed by atoms with Crippen LogP contribution in [0.4, 0.5) is 9.18 Å². The van der Waals surface area contributed by atoms with Crippen LogP contribution in [0.5, 0.6) is 0 Å². The van der Waals surface area contributed by atoms with Crippen LogP contribution in [0.2, 0.25) is 0 Å². The number of nitrogens with two attached hydrogens (primary N) is 1. The summed E-state index contributed by atoms with van der Waals surface area (Å²) in [5.74, 6) is -0.296. The lowest BCUT2D eigenvalue weighted by Gasteiger charge is -2.08. The van der Waals surface area contributed by atoms with Gasteiger partial charge in [-0.05, 0) is 48.2 Å². The van der Waals surface area contributed by atoms with E-state index < -0.39 is 10.0 Å². The highest BCUT2D eigenvalue weighted by molar-refractivity contribution is 7.89. The molecule has 8 heteroatoms. The first-order valence-electron chi connectivity index (χ1n) is 7.72. The number of sulfonamides is 1. The van der Waals surface area contributed by atoms with Gasteiger partial charge in [-0.2, -0.15) is 0 Å². The SMILES string of the molecule is NS(=O)(=O)c1ccc(CCNC(=O)NCCc2cccc(F)c2)cc1. The van der Waals surface area contributed by atoms with E-state index in [2.05, 4.69) is 10.6 Å². The second-order valence-corrected chi connectivity index (χ2v) is 7.06. The number of amides is 2. The quantitative estimate of drug-likeness (QED) is 0.694. The summed E-state index contributed by atoms with van der Waals surface area (Å²) in [5, 5.41) is 10.4. The molecule has 0 atom stereocenters. The minimum Gasteiger partial charge on any atom is -0.338 e. The average Bonchev–Trinajstić information content (AvgIpc) is 2.54. The molecule has 6 nitrogen and oxygen atoms in total. The van der Waals surface area contributed by atoms with E-state index in [4.69, 9.17) is 5.14 Å². The van der Waals surface area contributed by atoms with Crippen LogP contribution in [-0.2, 0) is 22.9 Å². The van der Waals surface area contributed by atoms with Crippen LogP contribution >= 0.6 is 0 Å². The molecule has 25 heavy (non-hydrogen) atoms. The Bertz CT molecular complexity index is 823. The predicted molar refractivity (Wildman–Crippen MR) is 93.0 cm³/mol. The second-order valence-electron chi connectivity index (χ2n) is 5.50. The minimum absolute atomic E-state index is 0.0549. The fraction of sp³-hybridized carbons (Fsp3) is 0.235. The fourth-order valence-electron chi connectivity index (χ4n) is 2.24. The maximum Gasteiger partial charge on any atom is 0.314 e. The van der Waals surface area contributed by atoms with Crippen LogP contribution in [0.3, 0.4) is 0 Å². The zero-order valence-corrected chi connectivity index (χ0v) is 14.4. The Kier molecular flexibility index (Phi) is 6.49. The van der Waals surface area contributed by atoms with Gasteiger partial charge in [0.25, 0.3) is 0 Å². The third kappa shape index (κ3) is 6.52. The van der Waals surface area contributed by atoms with Crippen molar-refractivity contribution in [3.05, 3.63) is 65.5 Å². The number of rotatable bonds is 7. The molecule has 0 bridgehead atoms. The summed E-state index contributed by atoms with van der Waals surface area (Å²) in [6, 6.07) is 12.1. The fourth-order valence-corrected chi connectivity index (χ4v) is 2.76. The summed E-state index contributed by atoms with van der Waals surface area (Å²) in [7, 11) is -3.69. The van der Waals surface area contributed by atoms with Crippen LogP contribution in [-0.4, -0.2) is 27.5 Å². The molecule has 0 aliphatic rings. The summed E-state index contributed by atoms with van der Waals surface area (Å²) in [6.07, 6.45) is 1.10. The Morgan fingerprint density at radius 2 is 1.56 bits per heavy atom. The van der Waals surface area contributed by atoms with Gasteiger partial charge in [-0.15, -0.1) is 0 Å². The second kappa shape index (κ2) is 8.59. The zero-order valence-electron chi connectivity index (χ0n) is 13.5. The van der Waals surface area contributed by atoms with Crippen molar-refractivity contribution >= 4 is 16.1 Å². The van der Waals surface area contributed by atoms with E-state index >= 15 is 0 Å². The molecular weight excluding hydrogens is 345 g/mol. The van der Waals surface area contributed by atoms with Crippen molar-refractivity contribution in [2.24, 2.45) is 5.14 Å². The lowest BCUT2D eigenvalue weighted by molar-refractivity contribution is 0.241. The molecule has 2 rings (SSSR count). The van der Waals surface area contributed by atoms with Crippen molar-refractivity contribution in [2.45, 2.75) is 17.7 Å². The van der Waals surface area contributed by atoms with Gasteiger partial charge in [0, 0.05) is 13.1 Å². The van der Waals surface area contributed by atoms with Crippen LogP contribution < -0.4 is 15.8 Å². The van der Waals surface area contributed by atoms with Gasteiger partial charge in [-0.3, -0.25) is 0 Å². The summed E-state index contributed by atoms with van der Waals surface area (Å²) < 4.78 is 35.4. The number of hydrogen-bond acceptors (Lipinski definition) is 3. The molecule has 0 spiro atoms. The molecule has 0 aromatic heterocycles. The molecule has 0 saturated heterocycles. The van der Waals surface area contributed by atoms with Gasteiger partial charge in [-0.25, -0.2) is 22.7 Å². The van der Waals surface area contributed by atoms with Crippen molar-refractivity contribution in [3.8, 4) is 0 Å². The third-order valence-corrected chi connectivity index (χ3v) is 4.47. The molecule has 2 aromatic rings. The Hall–Kier alpha value is -2.45. The van der Waals surface area contributed by atoms with Gasteiger partial charge >= 0.3 is 6.03 Å². The largest absolute Gasteiger partial charge is 0.338 e. The van der Waals surface area contributed by atoms with Crippen LogP contribution in [0, 0.1) is 5.82 Å². The van der Waals surface area contributed by atoms with E-state index in [0.717, 1.165) is 11.1 Å². The predicted octanol–water partition coefficient (Wildman–Crippen LogP) is 1.56. The molecule has 0 heterocycles. The number of nitrogens with one attached hydrogen (secondary N) is 2. The first-order chi connectivity index (χ1) is 11.8. The number of primary sulfonamides is 1. The first-order valence-corrected chi connectivity index (χ1v) is 9.27. The van der Waals surface area contributed by atoms with E-state index in [1.54, 1.807) is 24.3 Å². The molecule has 4 N–H and O–H groups in total. The average molecular weight is 365 g/mol. The van der Waals surface area contributed by atoms with E-state index in [-0.39, 0.29) is 16.7 Å². The Morgan fingerprint density at radius 1 is 0.960 bits per heavy atom. The Labute approximate surface area is 146 Å². The van der Waals surface area contributed by atoms with Gasteiger partial charge < -0.3 is 10.6 Å². The topological polar surface area (TPSA) is 101 Å². The monoisotopic (exact) mass is 365 g/mol. The molecular formula is C17H20FN3O3S. The lowest BCUT2D eigenvalue weighted by Crippen LogP contribution is -2.37. The number of urea groups is 1. The summed E-state index contributed by atoms with van der Waals surface area (Å²) >= 11 is 0. The van der Waals surface area contributed by atoms with Crippen LogP contribution in [0.25, 0.3) is 0 Å². The van der Waals surface area contributed by atoms with Crippen molar-refractivity contribution < 1.29 is 17.6 Å². The van der Waals surface area contributed by atoms with E-state index in [0.29, 0.717) is 25.9 Å². The van der Waals surface area contributed by atoms with Crippen molar-refractivity contribution in [1.82, 2.24) is 10.6 Å². The molecule has 0 saturated carbocycles. The number of carbonyl (C=O) groups excluding carboxylic acids is 1. The van der Waals surface area contributed by atoms with E-state index in [1.807, 2.05) is 0 Å². The highest BCUT2D eigenvalue weighted by atomic mass is 32.2. The molecule has 134 valence electrons. The Balaban J connectivity index is 1.68. The third-order valence-electron chi connectivity index (χ3n) is 3.54. The Morgan fingerprint density at radius 3 is 2.12 bits per heavy atom. The summed E-state index contributed by atoms with van der Waals surface area (Å²) in [4.78, 5) is 11.7. The molecule has 0 aliphatic heterocycles. The summed E-state index contributed by atoms with van der Waals surface area (Å²) in [6.45, 7) is 0.804. The highest BCUT2D eigenvalue weighted by Crippen LogP contribution is 2.09. The van der Waals surface area contributed by atoms with Gasteiger partial charge in [0.2, 0.25) is 10.0 Å². The minimum atomic E-state index is -3.69. The van der Waals surface area contributed by atoms with Gasteiger partial charge in [0.05, 0.1) is 4.90 Å². The normalized spacial score (nSPS) is 11.1. The smallest absolute Gasteiger partial charge is 0.314 e. The van der Waals surface area contributed by atoms with E-state index in [1.165, 1.54) is 24.3 Å².